The molecule has 2 aliphatic rings. The highest BCUT2D eigenvalue weighted by Gasteiger charge is 2.44. The van der Waals surface area contributed by atoms with Crippen LogP contribution in [0.2, 0.25) is 0 Å². The first-order valence-electron chi connectivity index (χ1n) is 11.4. The van der Waals surface area contributed by atoms with E-state index in [1.54, 1.807) is 16.3 Å². The molecule has 0 amide bonds. The number of fused-ring (bicyclic) bond motifs is 1. The Balaban J connectivity index is 1.43. The van der Waals surface area contributed by atoms with Gasteiger partial charge in [-0.1, -0.05) is 23.9 Å². The van der Waals surface area contributed by atoms with E-state index >= 15 is 0 Å². The minimum atomic E-state index is -1.44. The molecule has 6 atom stereocenters. The lowest BCUT2D eigenvalue weighted by Gasteiger charge is -2.40. The first-order valence-corrected chi connectivity index (χ1v) is 12.2. The first kappa shape index (κ1) is 23.6. The Labute approximate surface area is 201 Å². The van der Waals surface area contributed by atoms with Crippen molar-refractivity contribution in [1.82, 2.24) is 4.57 Å². The maximum Gasteiger partial charge on any atom is 0.163 e. The van der Waals surface area contributed by atoms with Gasteiger partial charge in [0.05, 0.1) is 25.3 Å². The van der Waals surface area contributed by atoms with Crippen LogP contribution in [0.3, 0.4) is 0 Å². The molecule has 0 saturated carbocycles. The van der Waals surface area contributed by atoms with Crippen LogP contribution in [0.15, 0.2) is 58.5 Å². The van der Waals surface area contributed by atoms with Gasteiger partial charge in [0.15, 0.2) is 6.23 Å². The largest absolute Gasteiger partial charge is 0.488 e. The Morgan fingerprint density at radius 3 is 2.56 bits per heavy atom. The Morgan fingerprint density at radius 2 is 1.85 bits per heavy atom. The van der Waals surface area contributed by atoms with Crippen molar-refractivity contribution in [3.05, 3.63) is 54.2 Å². The van der Waals surface area contributed by atoms with E-state index in [4.69, 9.17) is 14.2 Å². The molecule has 0 aliphatic carbocycles. The van der Waals surface area contributed by atoms with Crippen molar-refractivity contribution < 1.29 is 34.6 Å². The summed E-state index contributed by atoms with van der Waals surface area (Å²) in [5.74, 6) is 0.805. The third-order valence-electron chi connectivity index (χ3n) is 6.34. The molecule has 2 aliphatic heterocycles. The monoisotopic (exact) mass is 487 g/mol. The summed E-state index contributed by atoms with van der Waals surface area (Å²) in [7, 11) is 0. The number of benzene rings is 2. The van der Waals surface area contributed by atoms with Gasteiger partial charge in [-0.2, -0.15) is 0 Å². The van der Waals surface area contributed by atoms with Gasteiger partial charge in [-0.3, -0.25) is 0 Å². The van der Waals surface area contributed by atoms with Crippen LogP contribution in [-0.4, -0.2) is 75.3 Å². The van der Waals surface area contributed by atoms with Gasteiger partial charge in [-0.05, 0) is 42.8 Å². The number of ether oxygens (including phenoxy) is 3. The van der Waals surface area contributed by atoms with Crippen molar-refractivity contribution in [1.29, 1.82) is 0 Å². The molecule has 3 heterocycles. The molecule has 9 heteroatoms. The molecule has 34 heavy (non-hydrogen) atoms. The van der Waals surface area contributed by atoms with E-state index in [0.717, 1.165) is 45.0 Å². The summed E-state index contributed by atoms with van der Waals surface area (Å²) >= 11 is 1.57. The number of hydrogen-bond donors (Lipinski definition) is 4. The zero-order valence-corrected chi connectivity index (χ0v) is 19.6. The Hall–Kier alpha value is -2.11. The van der Waals surface area contributed by atoms with E-state index in [2.05, 4.69) is 0 Å². The van der Waals surface area contributed by atoms with Crippen LogP contribution < -0.4 is 4.74 Å². The Morgan fingerprint density at radius 1 is 1.06 bits per heavy atom. The van der Waals surface area contributed by atoms with Crippen molar-refractivity contribution in [3.63, 3.8) is 0 Å². The predicted octanol–water partition coefficient (Wildman–Crippen LogP) is 2.24. The number of hydrogen-bond acceptors (Lipinski definition) is 8. The second kappa shape index (κ2) is 9.87. The van der Waals surface area contributed by atoms with Gasteiger partial charge in [0.25, 0.3) is 0 Å². The van der Waals surface area contributed by atoms with Gasteiger partial charge in [0, 0.05) is 27.8 Å². The molecule has 2 aromatic carbocycles. The first-order chi connectivity index (χ1) is 16.4. The summed E-state index contributed by atoms with van der Waals surface area (Å²) in [6, 6.07) is 13.9. The van der Waals surface area contributed by atoms with Crippen LogP contribution in [0.1, 0.15) is 18.2 Å². The van der Waals surface area contributed by atoms with E-state index < -0.39 is 37.3 Å². The molecular weight excluding hydrogens is 458 g/mol. The van der Waals surface area contributed by atoms with Gasteiger partial charge >= 0.3 is 0 Å². The molecule has 3 aromatic rings. The van der Waals surface area contributed by atoms with Crippen LogP contribution in [-0.2, 0) is 9.47 Å². The number of nitrogens with zero attached hydrogens (tertiary/aromatic N) is 1. The van der Waals surface area contributed by atoms with Crippen LogP contribution in [0.25, 0.3) is 10.9 Å². The average Bonchev–Trinajstić information content (AvgIpc) is 3.47. The van der Waals surface area contributed by atoms with Crippen molar-refractivity contribution in [3.8, 4) is 5.75 Å². The fourth-order valence-electron chi connectivity index (χ4n) is 4.44. The Bertz CT molecular complexity index is 1130. The molecule has 2 fully saturated rings. The van der Waals surface area contributed by atoms with Gasteiger partial charge in [-0.15, -0.1) is 0 Å². The van der Waals surface area contributed by atoms with E-state index in [0.29, 0.717) is 6.61 Å². The molecule has 8 nitrogen and oxygen atoms in total. The second-order valence-corrected chi connectivity index (χ2v) is 9.93. The summed E-state index contributed by atoms with van der Waals surface area (Å²) in [5, 5.41) is 41.7. The summed E-state index contributed by atoms with van der Waals surface area (Å²) in [6.07, 6.45) is -3.26. The van der Waals surface area contributed by atoms with Crippen LogP contribution in [0, 0.1) is 6.92 Å². The lowest BCUT2D eigenvalue weighted by Crippen LogP contribution is -2.56. The third-order valence-corrected chi connectivity index (χ3v) is 7.39. The summed E-state index contributed by atoms with van der Waals surface area (Å²) in [6.45, 7) is 2.86. The Kier molecular flexibility index (Phi) is 6.85. The smallest absolute Gasteiger partial charge is 0.163 e. The quantitative estimate of drug-likeness (QED) is 0.419. The number of aromatic nitrogens is 1. The van der Waals surface area contributed by atoms with Crippen molar-refractivity contribution in [2.75, 3.05) is 19.8 Å². The summed E-state index contributed by atoms with van der Waals surface area (Å²) < 4.78 is 18.9. The van der Waals surface area contributed by atoms with Crippen LogP contribution in [0.5, 0.6) is 5.75 Å². The maximum absolute atomic E-state index is 10.7. The zero-order valence-electron chi connectivity index (χ0n) is 18.8. The van der Waals surface area contributed by atoms with E-state index in [-0.39, 0.29) is 6.10 Å². The van der Waals surface area contributed by atoms with E-state index in [1.807, 2.05) is 55.6 Å². The van der Waals surface area contributed by atoms with Crippen molar-refractivity contribution in [2.45, 2.75) is 59.9 Å². The highest BCUT2D eigenvalue weighted by atomic mass is 32.2. The van der Waals surface area contributed by atoms with E-state index in [1.165, 1.54) is 0 Å². The highest BCUT2D eigenvalue weighted by Crippen LogP contribution is 2.39. The zero-order chi connectivity index (χ0) is 23.8. The molecule has 4 N–H and O–H groups in total. The number of aliphatic hydroxyl groups is 4. The number of aryl methyl sites for hydroxylation is 1. The number of rotatable bonds is 6. The normalized spacial score (nSPS) is 29.6. The lowest BCUT2D eigenvalue weighted by atomic mass is 9.98. The highest BCUT2D eigenvalue weighted by molar-refractivity contribution is 7.99. The average molecular weight is 488 g/mol. The third kappa shape index (κ3) is 4.57. The van der Waals surface area contributed by atoms with Gasteiger partial charge in [0.1, 0.15) is 36.3 Å². The minimum absolute atomic E-state index is 0.0956. The minimum Gasteiger partial charge on any atom is -0.488 e. The van der Waals surface area contributed by atoms with E-state index in [9.17, 15) is 20.4 Å². The van der Waals surface area contributed by atoms with Crippen LogP contribution in [0.4, 0.5) is 0 Å². The van der Waals surface area contributed by atoms with Crippen molar-refractivity contribution in [2.24, 2.45) is 0 Å². The standard InChI is InChI=1S/C25H29NO7S/c1-14-2-7-18-19(10-14)26(25-24(30)23(29)22(28)20(12-27)33-25)11-21(18)34-17-5-3-15(4-6-17)32-16-8-9-31-13-16/h2-7,10-11,16,20,22-25,27-30H,8-9,12-13H2,1H3/t16?,20-,22-,23+,24-,25-/m1/s1. The number of aliphatic hydroxyl groups excluding tert-OH is 4. The fourth-order valence-corrected chi connectivity index (χ4v) is 5.42. The molecule has 182 valence electrons. The predicted molar refractivity (Wildman–Crippen MR) is 126 cm³/mol. The maximum atomic E-state index is 10.7. The molecule has 0 radical (unpaired) electrons. The van der Waals surface area contributed by atoms with Gasteiger partial charge < -0.3 is 39.2 Å². The fraction of sp³-hybridized carbons (Fsp3) is 0.440. The molecule has 0 spiro atoms. The lowest BCUT2D eigenvalue weighted by molar-refractivity contribution is -0.250. The SMILES string of the molecule is Cc1ccc2c(Sc3ccc(OC4CCOC4)cc3)cn([C@@H]3O[C@H](CO)[C@@H](O)[C@H](O)[C@H]3O)c2c1. The molecule has 1 aromatic heterocycles. The van der Waals surface area contributed by atoms with Crippen LogP contribution >= 0.6 is 11.8 Å². The molecule has 0 bridgehead atoms. The second-order valence-electron chi connectivity index (χ2n) is 8.82. The van der Waals surface area contributed by atoms with Gasteiger partial charge in [-0.25, -0.2) is 0 Å². The molecular formula is C25H29NO7S. The topological polar surface area (TPSA) is 114 Å². The van der Waals surface area contributed by atoms with Crippen molar-refractivity contribution >= 4 is 22.7 Å². The molecule has 1 unspecified atom stereocenters. The summed E-state index contributed by atoms with van der Waals surface area (Å²) in [5.41, 5.74) is 1.86. The molecule has 2 saturated heterocycles. The molecule has 5 rings (SSSR count). The summed E-state index contributed by atoms with van der Waals surface area (Å²) in [4.78, 5) is 1.97. The van der Waals surface area contributed by atoms with Gasteiger partial charge in [0.2, 0.25) is 0 Å².